The van der Waals surface area contributed by atoms with Crippen molar-refractivity contribution in [1.29, 1.82) is 0 Å². The number of amides is 1. The van der Waals surface area contributed by atoms with Gasteiger partial charge in [-0.2, -0.15) is 11.8 Å². The minimum Gasteiger partial charge on any atom is -0.481 e. The van der Waals surface area contributed by atoms with Crippen LogP contribution in [0, 0.1) is 13.8 Å². The zero-order valence-electron chi connectivity index (χ0n) is 12.7. The average molecular weight is 311 g/mol. The minimum atomic E-state index is -1.03. The Kier molecular flexibility index (Phi) is 6.55. The molecule has 0 bridgehead atoms. The lowest BCUT2D eigenvalue weighted by molar-refractivity contribution is -0.139. The van der Waals surface area contributed by atoms with Crippen LogP contribution in [0.15, 0.2) is 12.1 Å². The lowest BCUT2D eigenvalue weighted by Gasteiger charge is -2.14. The molecule has 1 aromatic rings. The SMILES string of the molecule is CSC(C)CNC(=O)c1cc(C)c(OCC(=O)O)c(C)c1. The summed E-state index contributed by atoms with van der Waals surface area (Å²) in [5.74, 6) is -0.639. The van der Waals surface area contributed by atoms with Gasteiger partial charge in [0, 0.05) is 17.4 Å². The number of carboxylic acids is 1. The van der Waals surface area contributed by atoms with Gasteiger partial charge in [-0.1, -0.05) is 6.92 Å². The third-order valence-corrected chi connectivity index (χ3v) is 3.99. The molecule has 1 aromatic carbocycles. The van der Waals surface area contributed by atoms with Crippen LogP contribution >= 0.6 is 11.8 Å². The standard InChI is InChI=1S/C15H21NO4S/c1-9-5-12(15(19)16-7-11(3)21-4)6-10(2)14(9)20-8-13(17)18/h5-6,11H,7-8H2,1-4H3,(H,16,19)(H,17,18). The van der Waals surface area contributed by atoms with Crippen LogP contribution in [0.4, 0.5) is 0 Å². The number of nitrogens with one attached hydrogen (secondary N) is 1. The number of ether oxygens (including phenoxy) is 1. The predicted octanol–water partition coefficient (Wildman–Crippen LogP) is 2.25. The maximum Gasteiger partial charge on any atom is 0.341 e. The van der Waals surface area contributed by atoms with Crippen molar-refractivity contribution in [1.82, 2.24) is 5.32 Å². The van der Waals surface area contributed by atoms with Gasteiger partial charge in [-0.05, 0) is 43.4 Å². The Balaban J connectivity index is 2.82. The number of thioether (sulfide) groups is 1. The van der Waals surface area contributed by atoms with Gasteiger partial charge in [-0.15, -0.1) is 0 Å². The van der Waals surface area contributed by atoms with E-state index in [1.807, 2.05) is 13.2 Å². The number of benzene rings is 1. The summed E-state index contributed by atoms with van der Waals surface area (Å²) >= 11 is 1.69. The van der Waals surface area contributed by atoms with Crippen LogP contribution in [0.2, 0.25) is 0 Å². The van der Waals surface area contributed by atoms with E-state index in [2.05, 4.69) is 5.32 Å². The number of aryl methyl sites for hydroxylation is 2. The molecule has 0 aliphatic carbocycles. The molecule has 0 fully saturated rings. The Bertz CT molecular complexity index is 507. The monoisotopic (exact) mass is 311 g/mol. The molecule has 1 atom stereocenters. The topological polar surface area (TPSA) is 75.6 Å². The molecule has 0 saturated heterocycles. The number of carboxylic acid groups (broad SMARTS) is 1. The fourth-order valence-electron chi connectivity index (χ4n) is 1.86. The maximum absolute atomic E-state index is 12.1. The van der Waals surface area contributed by atoms with Gasteiger partial charge in [0.05, 0.1) is 0 Å². The van der Waals surface area contributed by atoms with Crippen LogP contribution < -0.4 is 10.1 Å². The van der Waals surface area contributed by atoms with Crippen LogP contribution in [0.1, 0.15) is 28.4 Å². The van der Waals surface area contributed by atoms with Crippen LogP contribution in [-0.4, -0.2) is 41.6 Å². The lowest BCUT2D eigenvalue weighted by atomic mass is 10.1. The van der Waals surface area contributed by atoms with Crippen LogP contribution in [0.3, 0.4) is 0 Å². The summed E-state index contributed by atoms with van der Waals surface area (Å²) in [6, 6.07) is 3.42. The Hall–Kier alpha value is -1.69. The highest BCUT2D eigenvalue weighted by Crippen LogP contribution is 2.24. The summed E-state index contributed by atoms with van der Waals surface area (Å²) in [7, 11) is 0. The van der Waals surface area contributed by atoms with Crippen molar-refractivity contribution >= 4 is 23.6 Å². The van der Waals surface area contributed by atoms with Crippen molar-refractivity contribution in [2.45, 2.75) is 26.0 Å². The Morgan fingerprint density at radius 3 is 2.38 bits per heavy atom. The molecule has 1 unspecified atom stereocenters. The molecule has 0 spiro atoms. The van der Waals surface area contributed by atoms with Crippen molar-refractivity contribution in [2.75, 3.05) is 19.4 Å². The normalized spacial score (nSPS) is 11.8. The summed E-state index contributed by atoms with van der Waals surface area (Å²) < 4.78 is 5.24. The Morgan fingerprint density at radius 2 is 1.90 bits per heavy atom. The Morgan fingerprint density at radius 1 is 1.33 bits per heavy atom. The molecule has 0 saturated carbocycles. The molecular formula is C15H21NO4S. The maximum atomic E-state index is 12.1. The van der Waals surface area contributed by atoms with Crippen molar-refractivity contribution in [2.24, 2.45) is 0 Å². The van der Waals surface area contributed by atoms with E-state index in [0.29, 0.717) is 23.1 Å². The molecule has 0 aromatic heterocycles. The van der Waals surface area contributed by atoms with Gasteiger partial charge < -0.3 is 15.2 Å². The van der Waals surface area contributed by atoms with Crippen molar-refractivity contribution in [3.05, 3.63) is 28.8 Å². The molecule has 6 heteroatoms. The molecule has 0 aliphatic rings. The van der Waals surface area contributed by atoms with Crippen LogP contribution in [0.5, 0.6) is 5.75 Å². The van der Waals surface area contributed by atoms with E-state index in [4.69, 9.17) is 9.84 Å². The van der Waals surface area contributed by atoms with E-state index in [0.717, 1.165) is 11.1 Å². The summed E-state index contributed by atoms with van der Waals surface area (Å²) in [6.07, 6.45) is 2.00. The van der Waals surface area contributed by atoms with Gasteiger partial charge in [0.2, 0.25) is 0 Å². The van der Waals surface area contributed by atoms with Gasteiger partial charge in [0.25, 0.3) is 5.91 Å². The summed E-state index contributed by atoms with van der Waals surface area (Å²) in [4.78, 5) is 22.6. The van der Waals surface area contributed by atoms with E-state index >= 15 is 0 Å². The second-order valence-electron chi connectivity index (χ2n) is 4.88. The highest BCUT2D eigenvalue weighted by atomic mass is 32.2. The van der Waals surface area contributed by atoms with E-state index in [1.54, 1.807) is 37.7 Å². The van der Waals surface area contributed by atoms with Gasteiger partial charge in [-0.25, -0.2) is 4.79 Å². The lowest BCUT2D eigenvalue weighted by Crippen LogP contribution is -2.29. The highest BCUT2D eigenvalue weighted by Gasteiger charge is 2.13. The molecule has 0 aliphatic heterocycles. The molecule has 1 rings (SSSR count). The fourth-order valence-corrected chi connectivity index (χ4v) is 2.11. The zero-order valence-corrected chi connectivity index (χ0v) is 13.5. The van der Waals surface area contributed by atoms with Crippen molar-refractivity contribution < 1.29 is 19.4 Å². The van der Waals surface area contributed by atoms with Gasteiger partial charge in [0.1, 0.15) is 5.75 Å². The second kappa shape index (κ2) is 7.93. The van der Waals surface area contributed by atoms with Crippen LogP contribution in [0.25, 0.3) is 0 Å². The van der Waals surface area contributed by atoms with E-state index in [-0.39, 0.29) is 5.91 Å². The third kappa shape index (κ3) is 5.30. The molecule has 5 nitrogen and oxygen atoms in total. The predicted molar refractivity (Wildman–Crippen MR) is 84.4 cm³/mol. The molecule has 0 heterocycles. The van der Waals surface area contributed by atoms with Crippen molar-refractivity contribution in [3.8, 4) is 5.75 Å². The first-order chi connectivity index (χ1) is 9.85. The largest absolute Gasteiger partial charge is 0.481 e. The second-order valence-corrected chi connectivity index (χ2v) is 6.15. The number of rotatable bonds is 7. The molecule has 1 amide bonds. The van der Waals surface area contributed by atoms with Gasteiger partial charge >= 0.3 is 5.97 Å². The van der Waals surface area contributed by atoms with Crippen LogP contribution in [-0.2, 0) is 4.79 Å². The molecule has 116 valence electrons. The number of hydrogen-bond donors (Lipinski definition) is 2. The van der Waals surface area contributed by atoms with Gasteiger partial charge in [0.15, 0.2) is 6.61 Å². The number of aliphatic carboxylic acids is 1. The van der Waals surface area contributed by atoms with E-state index in [9.17, 15) is 9.59 Å². The number of carbonyl (C=O) groups excluding carboxylic acids is 1. The molecule has 2 N–H and O–H groups in total. The summed E-state index contributed by atoms with van der Waals surface area (Å²) in [6.45, 7) is 5.86. The summed E-state index contributed by atoms with van der Waals surface area (Å²) in [5.41, 5.74) is 2.06. The smallest absolute Gasteiger partial charge is 0.341 e. The fraction of sp³-hybridized carbons (Fsp3) is 0.467. The average Bonchev–Trinajstić information content (AvgIpc) is 2.42. The van der Waals surface area contributed by atoms with Gasteiger partial charge in [-0.3, -0.25) is 4.79 Å². The quantitative estimate of drug-likeness (QED) is 0.808. The first kappa shape index (κ1) is 17.4. The first-order valence-electron chi connectivity index (χ1n) is 6.62. The number of hydrogen-bond acceptors (Lipinski definition) is 4. The third-order valence-electron chi connectivity index (χ3n) is 3.01. The molecule has 21 heavy (non-hydrogen) atoms. The minimum absolute atomic E-state index is 0.133. The van der Waals surface area contributed by atoms with Crippen molar-refractivity contribution in [3.63, 3.8) is 0 Å². The van der Waals surface area contributed by atoms with E-state index < -0.39 is 12.6 Å². The highest BCUT2D eigenvalue weighted by molar-refractivity contribution is 7.99. The van der Waals surface area contributed by atoms with E-state index in [1.165, 1.54) is 0 Å². The number of carbonyl (C=O) groups is 2. The Labute approximate surface area is 129 Å². The molecular weight excluding hydrogens is 290 g/mol. The zero-order chi connectivity index (χ0) is 16.0. The molecule has 0 radical (unpaired) electrons. The summed E-state index contributed by atoms with van der Waals surface area (Å²) in [5, 5.41) is 11.9. The first-order valence-corrected chi connectivity index (χ1v) is 7.90.